The molecule has 4 nitrogen and oxygen atoms in total. The molecule has 0 saturated carbocycles. The molecule has 2 aromatic rings. The Morgan fingerprint density at radius 1 is 1.11 bits per heavy atom. The predicted molar refractivity (Wildman–Crippen MR) is 110 cm³/mol. The summed E-state index contributed by atoms with van der Waals surface area (Å²) in [4.78, 5) is 19.0. The molecule has 3 rings (SSSR count). The third kappa shape index (κ3) is 4.54. The Bertz CT molecular complexity index is 817. The molecule has 1 unspecified atom stereocenters. The molecule has 1 amide bonds. The highest BCUT2D eigenvalue weighted by molar-refractivity contribution is 6.12. The number of fused-ring (bicyclic) bond motifs is 1. The van der Waals surface area contributed by atoms with Crippen molar-refractivity contribution in [2.45, 2.75) is 39.0 Å². The van der Waals surface area contributed by atoms with Gasteiger partial charge < -0.3 is 10.2 Å². The van der Waals surface area contributed by atoms with E-state index in [1.807, 2.05) is 12.1 Å². The van der Waals surface area contributed by atoms with Crippen molar-refractivity contribution in [3.05, 3.63) is 53.8 Å². The maximum atomic E-state index is 13.3. The minimum absolute atomic E-state index is 0.176. The zero-order valence-corrected chi connectivity index (χ0v) is 15.9. The monoisotopic (exact) mass is 367 g/mol. The normalized spacial score (nSPS) is 15.8. The van der Waals surface area contributed by atoms with E-state index in [0.717, 1.165) is 30.8 Å². The number of hydrogen-bond donors (Lipinski definition) is 1. The lowest BCUT2D eigenvalue weighted by atomic mass is 10.0. The second-order valence-corrected chi connectivity index (χ2v) is 6.83. The van der Waals surface area contributed by atoms with E-state index < -0.39 is 5.92 Å². The van der Waals surface area contributed by atoms with Crippen LogP contribution in [0.5, 0.6) is 0 Å². The van der Waals surface area contributed by atoms with Crippen molar-refractivity contribution in [3.63, 3.8) is 0 Å². The highest BCUT2D eigenvalue weighted by atomic mass is 19.1. The fraction of sp³-hybridized carbons (Fsp3) is 0.364. The maximum absolute atomic E-state index is 13.3. The molecule has 0 spiro atoms. The number of carbonyl (C=O) groups is 1. The zero-order valence-electron chi connectivity index (χ0n) is 15.9. The summed E-state index contributed by atoms with van der Waals surface area (Å²) in [6.07, 6.45) is 5.10. The van der Waals surface area contributed by atoms with Crippen molar-refractivity contribution in [2.75, 3.05) is 23.3 Å². The first-order valence-corrected chi connectivity index (χ1v) is 9.62. The van der Waals surface area contributed by atoms with Crippen LogP contribution in [0.1, 0.15) is 44.6 Å². The lowest BCUT2D eigenvalue weighted by Crippen LogP contribution is -2.24. The number of rotatable bonds is 8. The number of unbranched alkanes of at least 4 members (excludes halogenated alkanes) is 1. The molecule has 2 aromatic carbocycles. The van der Waals surface area contributed by atoms with Crippen LogP contribution in [-0.2, 0) is 4.79 Å². The molecule has 142 valence electrons. The summed E-state index contributed by atoms with van der Waals surface area (Å²) in [6.45, 7) is 6.49. The first-order chi connectivity index (χ1) is 13.1. The molecule has 0 bridgehead atoms. The van der Waals surface area contributed by atoms with E-state index in [2.05, 4.69) is 41.2 Å². The highest BCUT2D eigenvalue weighted by Crippen LogP contribution is 2.32. The lowest BCUT2D eigenvalue weighted by Gasteiger charge is -2.24. The summed E-state index contributed by atoms with van der Waals surface area (Å²) in [7, 11) is 0. The Kier molecular flexibility index (Phi) is 6.22. The fourth-order valence-electron chi connectivity index (χ4n) is 3.31. The van der Waals surface area contributed by atoms with Crippen LogP contribution in [0.3, 0.4) is 0 Å². The Morgan fingerprint density at radius 2 is 1.89 bits per heavy atom. The molecule has 1 N–H and O–H groups in total. The molecule has 0 fully saturated rings. The van der Waals surface area contributed by atoms with E-state index in [4.69, 9.17) is 0 Å². The van der Waals surface area contributed by atoms with Crippen LogP contribution in [0.2, 0.25) is 0 Å². The van der Waals surface area contributed by atoms with Crippen LogP contribution in [-0.4, -0.2) is 25.2 Å². The second kappa shape index (κ2) is 8.80. The number of halogens is 1. The Hall–Kier alpha value is -2.69. The average molecular weight is 367 g/mol. The summed E-state index contributed by atoms with van der Waals surface area (Å²) < 4.78 is 13.3. The van der Waals surface area contributed by atoms with Crippen LogP contribution >= 0.6 is 0 Å². The molecule has 0 aromatic heterocycles. The molecule has 0 saturated heterocycles. The Morgan fingerprint density at radius 3 is 2.59 bits per heavy atom. The molecule has 5 heteroatoms. The SMILES string of the molecule is CCCCN(CCC)c1ccc(N=CC2C(=O)Nc3cc(F)ccc32)cc1. The summed E-state index contributed by atoms with van der Waals surface area (Å²) in [6, 6.07) is 12.4. The van der Waals surface area contributed by atoms with Gasteiger partial charge in [-0.25, -0.2) is 4.39 Å². The summed E-state index contributed by atoms with van der Waals surface area (Å²) >= 11 is 0. The molecular weight excluding hydrogens is 341 g/mol. The number of nitrogens with one attached hydrogen (secondary N) is 1. The third-order valence-electron chi connectivity index (χ3n) is 4.75. The average Bonchev–Trinajstić information content (AvgIpc) is 2.98. The molecule has 0 radical (unpaired) electrons. The Balaban J connectivity index is 1.72. The van der Waals surface area contributed by atoms with E-state index in [-0.39, 0.29) is 11.7 Å². The first kappa shape index (κ1) is 19.1. The number of hydrogen-bond acceptors (Lipinski definition) is 3. The fourth-order valence-corrected chi connectivity index (χ4v) is 3.31. The number of benzene rings is 2. The van der Waals surface area contributed by atoms with Gasteiger partial charge in [0.05, 0.1) is 5.69 Å². The Labute approximate surface area is 160 Å². The topological polar surface area (TPSA) is 44.7 Å². The van der Waals surface area contributed by atoms with Crippen molar-refractivity contribution >= 4 is 29.2 Å². The number of carbonyl (C=O) groups excluding carboxylic acids is 1. The molecule has 1 heterocycles. The van der Waals surface area contributed by atoms with Crippen molar-refractivity contribution in [1.29, 1.82) is 0 Å². The van der Waals surface area contributed by atoms with Crippen LogP contribution < -0.4 is 10.2 Å². The van der Waals surface area contributed by atoms with Gasteiger partial charge in [-0.15, -0.1) is 0 Å². The van der Waals surface area contributed by atoms with Gasteiger partial charge in [-0.3, -0.25) is 9.79 Å². The van der Waals surface area contributed by atoms with Crippen LogP contribution in [0, 0.1) is 5.82 Å². The van der Waals surface area contributed by atoms with Gasteiger partial charge in [-0.1, -0.05) is 26.3 Å². The molecule has 27 heavy (non-hydrogen) atoms. The molecular formula is C22H26FN3O. The first-order valence-electron chi connectivity index (χ1n) is 9.62. The lowest BCUT2D eigenvalue weighted by molar-refractivity contribution is -0.115. The van der Waals surface area contributed by atoms with Gasteiger partial charge in [0.15, 0.2) is 0 Å². The quantitative estimate of drug-likeness (QED) is 0.645. The van der Waals surface area contributed by atoms with Gasteiger partial charge in [0, 0.05) is 30.7 Å². The molecule has 1 aliphatic heterocycles. The van der Waals surface area contributed by atoms with Gasteiger partial charge in [-0.05, 0) is 54.8 Å². The maximum Gasteiger partial charge on any atom is 0.237 e. The summed E-state index contributed by atoms with van der Waals surface area (Å²) in [5, 5.41) is 2.71. The van der Waals surface area contributed by atoms with Gasteiger partial charge >= 0.3 is 0 Å². The van der Waals surface area contributed by atoms with Crippen LogP contribution in [0.25, 0.3) is 0 Å². The minimum atomic E-state index is -0.485. The van der Waals surface area contributed by atoms with Gasteiger partial charge in [0.1, 0.15) is 11.7 Å². The van der Waals surface area contributed by atoms with Crippen molar-refractivity contribution in [2.24, 2.45) is 4.99 Å². The van der Waals surface area contributed by atoms with Crippen molar-refractivity contribution < 1.29 is 9.18 Å². The van der Waals surface area contributed by atoms with E-state index >= 15 is 0 Å². The summed E-state index contributed by atoms with van der Waals surface area (Å²) in [5.41, 5.74) is 3.28. The predicted octanol–water partition coefficient (Wildman–Crippen LogP) is 5.28. The van der Waals surface area contributed by atoms with Crippen LogP contribution in [0.4, 0.5) is 21.5 Å². The molecule has 0 aliphatic carbocycles. The third-order valence-corrected chi connectivity index (χ3v) is 4.75. The molecule has 1 atom stereocenters. The van der Waals surface area contributed by atoms with E-state index in [1.165, 1.54) is 30.7 Å². The number of amides is 1. The smallest absolute Gasteiger partial charge is 0.237 e. The van der Waals surface area contributed by atoms with E-state index in [1.54, 1.807) is 12.3 Å². The molecule has 1 aliphatic rings. The van der Waals surface area contributed by atoms with Gasteiger partial charge in [-0.2, -0.15) is 0 Å². The second-order valence-electron chi connectivity index (χ2n) is 6.83. The number of nitrogens with zero attached hydrogens (tertiary/aromatic N) is 2. The number of anilines is 2. The zero-order chi connectivity index (χ0) is 19.2. The standard InChI is InChI=1S/C22H26FN3O/c1-3-5-13-26(12-4-2)18-9-7-17(8-10-18)24-15-20-19-11-6-16(23)14-21(19)25-22(20)27/h6-11,14-15,20H,3-5,12-13H2,1-2H3,(H,25,27). The van der Waals surface area contributed by atoms with Crippen LogP contribution in [0.15, 0.2) is 47.5 Å². The van der Waals surface area contributed by atoms with Gasteiger partial charge in [0.25, 0.3) is 0 Å². The minimum Gasteiger partial charge on any atom is -0.372 e. The van der Waals surface area contributed by atoms with Gasteiger partial charge in [0.2, 0.25) is 5.91 Å². The number of aliphatic imine (C=N–C) groups is 1. The largest absolute Gasteiger partial charge is 0.372 e. The summed E-state index contributed by atoms with van der Waals surface area (Å²) in [5.74, 6) is -1.02. The highest BCUT2D eigenvalue weighted by Gasteiger charge is 2.29. The van der Waals surface area contributed by atoms with Crippen molar-refractivity contribution in [3.8, 4) is 0 Å². The van der Waals surface area contributed by atoms with Crippen molar-refractivity contribution in [1.82, 2.24) is 0 Å². The van der Waals surface area contributed by atoms with E-state index in [9.17, 15) is 9.18 Å². The van der Waals surface area contributed by atoms with E-state index in [0.29, 0.717) is 5.69 Å².